The van der Waals surface area contributed by atoms with E-state index in [9.17, 15) is 32.1 Å². The molecule has 0 radical (unpaired) electrons. The van der Waals surface area contributed by atoms with Crippen LogP contribution in [0.25, 0.3) is 0 Å². The van der Waals surface area contributed by atoms with Crippen molar-refractivity contribution in [2.24, 2.45) is 0 Å². The van der Waals surface area contributed by atoms with Crippen molar-refractivity contribution in [3.8, 4) is 0 Å². The molecule has 89 heavy (non-hydrogen) atoms. The van der Waals surface area contributed by atoms with Crippen LogP contribution in [0.2, 0.25) is 0 Å². The third kappa shape index (κ3) is 60.4. The van der Waals surface area contributed by atoms with Gasteiger partial charge in [-0.3, -0.25) is 29.0 Å². The Kier molecular flexibility index (Phi) is 59.0. The molecule has 0 aromatic rings. The van der Waals surface area contributed by atoms with Crippen molar-refractivity contribution in [1.82, 2.24) is 9.80 Å². The topological polar surface area (TPSA) is 169 Å². The van der Waals surface area contributed by atoms with E-state index in [-0.39, 0.29) is 54.7 Å². The van der Waals surface area contributed by atoms with Gasteiger partial charge in [0.25, 0.3) is 0 Å². The summed E-state index contributed by atoms with van der Waals surface area (Å²) in [7, 11) is -2.27. The number of rotatable bonds is 68. The molecule has 0 aromatic heterocycles. The summed E-state index contributed by atoms with van der Waals surface area (Å²) in [4.78, 5) is 55.4. The average molecular weight is 1290 g/mol. The normalized spacial score (nSPS) is 14.0. The zero-order valence-corrected chi connectivity index (χ0v) is 60.7. The van der Waals surface area contributed by atoms with E-state index in [1.54, 1.807) is 0 Å². The van der Waals surface area contributed by atoms with Gasteiger partial charge in [0.1, 0.15) is 24.4 Å². The van der Waals surface area contributed by atoms with Crippen molar-refractivity contribution < 1.29 is 55.6 Å². The monoisotopic (exact) mass is 1280 g/mol. The highest BCUT2D eigenvalue weighted by molar-refractivity contribution is 7.85. The zero-order chi connectivity index (χ0) is 65.9. The lowest BCUT2D eigenvalue weighted by atomic mass is 10.0. The fourth-order valence-corrected chi connectivity index (χ4v) is 13.6. The van der Waals surface area contributed by atoms with Crippen molar-refractivity contribution in [2.45, 2.75) is 382 Å². The van der Waals surface area contributed by atoms with Crippen LogP contribution in [0.15, 0.2) is 0 Å². The maximum Gasteiger partial charge on any atom is 0.302 e. The minimum absolute atomic E-state index is 0.233. The largest absolute Gasteiger partial charge is 0.748 e. The Morgan fingerprint density at radius 2 is 0.517 bits per heavy atom. The SMILES string of the molecule is CCCCCCCCCCCCC(CN(CCC[N+](C)(CCCN(CC(CCCCCCCCCCCC)OC(C)=O)CC(CCCCCCCCCCCC)OC(C)=O)CCCS(=O)(=O)[O-])CC(CCCCCCCCCCCC)OC(C)=O)OC(C)=O. The van der Waals surface area contributed by atoms with E-state index in [4.69, 9.17) is 18.9 Å². The number of esters is 4. The number of carbonyl (C=O) groups is 4. The van der Waals surface area contributed by atoms with Crippen molar-refractivity contribution in [3.63, 3.8) is 0 Å². The van der Waals surface area contributed by atoms with Crippen LogP contribution in [0.4, 0.5) is 0 Å². The number of ether oxygens (including phenoxy) is 4. The predicted octanol–water partition coefficient (Wildman–Crippen LogP) is 18.7. The third-order valence-corrected chi connectivity index (χ3v) is 18.9. The molecule has 4 unspecified atom stereocenters. The molecule has 0 aliphatic rings. The lowest BCUT2D eigenvalue weighted by Crippen LogP contribution is -2.49. The molecule has 4 atom stereocenters. The van der Waals surface area contributed by atoms with Crippen molar-refractivity contribution >= 4 is 34.0 Å². The van der Waals surface area contributed by atoms with Gasteiger partial charge >= 0.3 is 23.9 Å². The molecular formula is C74H145N3O11S. The highest BCUT2D eigenvalue weighted by Gasteiger charge is 2.28. The molecule has 15 heteroatoms. The Morgan fingerprint density at radius 3 is 0.708 bits per heavy atom. The summed E-state index contributed by atoms with van der Waals surface area (Å²) < 4.78 is 61.0. The van der Waals surface area contributed by atoms with Crippen molar-refractivity contribution in [1.29, 1.82) is 0 Å². The standard InChI is InChI=1S/C74H145N3O11S/c1-10-14-18-22-26-30-34-38-42-46-53-71(85-67(5)78)63-75(64-72(86-68(6)79)54-47-43-39-35-31-27-23-19-15-11-2)57-50-59-77(9,61-52-62-89(82,83)84)60-51-58-76(65-73(87-69(7)80)55-48-44-40-36-32-28-24-20-16-12-3)66-74(88-70(8)81)56-49-45-41-37-33-29-25-21-17-13-4/h71-74H,10-66H2,1-9H3. The summed E-state index contributed by atoms with van der Waals surface area (Å²) in [5, 5.41) is 0. The quantitative estimate of drug-likeness (QED) is 0.0186. The highest BCUT2D eigenvalue weighted by atomic mass is 32.2. The first-order chi connectivity index (χ1) is 42.8. The van der Waals surface area contributed by atoms with Gasteiger partial charge in [-0.1, -0.05) is 259 Å². The second kappa shape index (κ2) is 60.6. The molecule has 0 amide bonds. The maximum absolute atomic E-state index is 12.7. The van der Waals surface area contributed by atoms with Crippen molar-refractivity contribution in [3.05, 3.63) is 0 Å². The smallest absolute Gasteiger partial charge is 0.302 e. The molecule has 528 valence electrons. The van der Waals surface area contributed by atoms with Crippen LogP contribution < -0.4 is 0 Å². The molecule has 0 saturated heterocycles. The first-order valence-electron chi connectivity index (χ1n) is 37.8. The second-order valence-electron chi connectivity index (χ2n) is 27.4. The first-order valence-corrected chi connectivity index (χ1v) is 39.3. The van der Waals surface area contributed by atoms with Crippen LogP contribution in [-0.4, -0.2) is 147 Å². The average Bonchev–Trinajstić information content (AvgIpc) is 3.59. The van der Waals surface area contributed by atoms with Gasteiger partial charge < -0.3 is 28.0 Å². The molecular weight excluding hydrogens is 1140 g/mol. The molecule has 0 bridgehead atoms. The molecule has 0 saturated carbocycles. The van der Waals surface area contributed by atoms with Gasteiger partial charge in [0, 0.05) is 92.0 Å². The molecule has 0 N–H and O–H groups in total. The third-order valence-electron chi connectivity index (χ3n) is 18.1. The lowest BCUT2D eigenvalue weighted by Gasteiger charge is -2.37. The summed E-state index contributed by atoms with van der Waals surface area (Å²) in [6, 6.07) is 0. The molecule has 0 aliphatic heterocycles. The van der Waals surface area contributed by atoms with Crippen LogP contribution in [0.5, 0.6) is 0 Å². The minimum Gasteiger partial charge on any atom is -0.748 e. The van der Waals surface area contributed by atoms with E-state index in [1.807, 2.05) is 0 Å². The van der Waals surface area contributed by atoms with Crippen LogP contribution in [0, 0.1) is 0 Å². The first kappa shape index (κ1) is 86.7. The Hall–Kier alpha value is -2.33. The number of unbranched alkanes of at least 4 members (excludes halogenated alkanes) is 36. The van der Waals surface area contributed by atoms with E-state index in [1.165, 1.54) is 207 Å². The van der Waals surface area contributed by atoms with Crippen LogP contribution in [0.3, 0.4) is 0 Å². The number of hydrogen-bond acceptors (Lipinski definition) is 13. The fraction of sp³-hybridized carbons (Fsp3) is 0.946. The van der Waals surface area contributed by atoms with E-state index >= 15 is 0 Å². The van der Waals surface area contributed by atoms with Gasteiger partial charge in [0.15, 0.2) is 0 Å². The summed E-state index contributed by atoms with van der Waals surface area (Å²) in [5.41, 5.74) is 0. The predicted molar refractivity (Wildman–Crippen MR) is 370 cm³/mol. The molecule has 0 fully saturated rings. The zero-order valence-electron chi connectivity index (χ0n) is 59.9. The van der Waals surface area contributed by atoms with E-state index in [2.05, 4.69) is 44.5 Å². The van der Waals surface area contributed by atoms with Gasteiger partial charge in [0.2, 0.25) is 0 Å². The van der Waals surface area contributed by atoms with E-state index in [0.717, 1.165) is 116 Å². The van der Waals surface area contributed by atoms with Gasteiger partial charge in [-0.05, 0) is 51.4 Å². The molecule has 14 nitrogen and oxygen atoms in total. The number of quaternary nitrogens is 1. The molecule has 0 rings (SSSR count). The number of hydrogen-bond donors (Lipinski definition) is 0. The summed E-state index contributed by atoms with van der Waals surface area (Å²) in [6.07, 6.45) is 52.2. The van der Waals surface area contributed by atoms with Gasteiger partial charge in [-0.15, -0.1) is 0 Å². The summed E-state index contributed by atoms with van der Waals surface area (Å²) in [5.74, 6) is -1.63. The fourth-order valence-electron chi connectivity index (χ4n) is 13.1. The second-order valence-corrected chi connectivity index (χ2v) is 29.0. The number of carbonyl (C=O) groups excluding carboxylic acids is 4. The van der Waals surface area contributed by atoms with Crippen LogP contribution in [0.1, 0.15) is 357 Å². The van der Waals surface area contributed by atoms with Crippen molar-refractivity contribution in [2.75, 3.05) is 71.7 Å². The van der Waals surface area contributed by atoms with Crippen LogP contribution in [-0.2, 0) is 48.2 Å². The van der Waals surface area contributed by atoms with Gasteiger partial charge in [-0.25, -0.2) is 8.42 Å². The highest BCUT2D eigenvalue weighted by Crippen LogP contribution is 2.22. The summed E-state index contributed by atoms with van der Waals surface area (Å²) >= 11 is 0. The Bertz CT molecular complexity index is 1560. The number of nitrogens with zero attached hydrogens (tertiary/aromatic N) is 3. The Balaban J connectivity index is 6.68. The van der Waals surface area contributed by atoms with Gasteiger partial charge in [-0.2, -0.15) is 0 Å². The molecule has 0 aromatic carbocycles. The van der Waals surface area contributed by atoms with Gasteiger partial charge in [0.05, 0.1) is 36.8 Å². The van der Waals surface area contributed by atoms with Crippen LogP contribution >= 0.6 is 0 Å². The van der Waals surface area contributed by atoms with E-state index < -0.39 is 15.9 Å². The minimum atomic E-state index is -4.43. The maximum atomic E-state index is 12.7. The summed E-state index contributed by atoms with van der Waals surface area (Å²) in [6.45, 7) is 20.2. The molecule has 0 spiro atoms. The lowest BCUT2D eigenvalue weighted by molar-refractivity contribution is -0.909. The molecule has 0 aliphatic carbocycles. The van der Waals surface area contributed by atoms with E-state index in [0.29, 0.717) is 63.4 Å². The Morgan fingerprint density at radius 1 is 0.326 bits per heavy atom. The Labute approximate surface area is 550 Å². The molecule has 0 heterocycles.